The second-order valence-electron chi connectivity index (χ2n) is 7.46. The number of benzene rings is 2. The monoisotopic (exact) mass is 409 g/mol. The van der Waals surface area contributed by atoms with Crippen molar-refractivity contribution in [3.05, 3.63) is 41.2 Å². The van der Waals surface area contributed by atoms with E-state index in [1.165, 1.54) is 12.1 Å². The van der Waals surface area contributed by atoms with Crippen molar-refractivity contribution >= 4 is 28.5 Å². The van der Waals surface area contributed by atoms with E-state index in [1.54, 1.807) is 12.1 Å². The molecule has 154 valence electrons. The molecule has 8 heteroatoms. The van der Waals surface area contributed by atoms with Crippen LogP contribution in [0.1, 0.15) is 46.9 Å². The molecule has 7 nitrogen and oxygen atoms in total. The van der Waals surface area contributed by atoms with Gasteiger partial charge < -0.3 is 14.2 Å². The van der Waals surface area contributed by atoms with Crippen LogP contribution in [-0.2, 0) is 0 Å². The molecule has 0 spiro atoms. The van der Waals surface area contributed by atoms with Gasteiger partial charge in [0, 0.05) is 19.2 Å². The lowest BCUT2D eigenvalue weighted by atomic mass is 9.95. The average molecular weight is 409 g/mol. The van der Waals surface area contributed by atoms with Crippen molar-refractivity contribution in [1.82, 2.24) is 10.5 Å². The first-order valence-electron chi connectivity index (χ1n) is 10.1. The maximum absolute atomic E-state index is 13.7. The number of anilines is 1. The van der Waals surface area contributed by atoms with Gasteiger partial charge in [0.25, 0.3) is 11.8 Å². The Morgan fingerprint density at radius 1 is 1.13 bits per heavy atom. The van der Waals surface area contributed by atoms with Gasteiger partial charge in [0.2, 0.25) is 0 Å². The van der Waals surface area contributed by atoms with E-state index in [0.717, 1.165) is 38.0 Å². The maximum atomic E-state index is 13.7. The van der Waals surface area contributed by atoms with Gasteiger partial charge in [-0.1, -0.05) is 5.16 Å². The number of piperidine rings is 1. The van der Waals surface area contributed by atoms with Gasteiger partial charge in [-0.3, -0.25) is 14.9 Å². The minimum Gasteiger partial charge on any atom is -0.492 e. The molecule has 3 aromatic rings. The van der Waals surface area contributed by atoms with Gasteiger partial charge in [-0.15, -0.1) is 0 Å². The lowest BCUT2D eigenvalue weighted by Crippen LogP contribution is -2.30. The highest BCUT2D eigenvalue weighted by Gasteiger charge is 2.36. The van der Waals surface area contributed by atoms with Crippen molar-refractivity contribution in [1.29, 1.82) is 0 Å². The topological polar surface area (TPSA) is 84.7 Å². The Hall–Kier alpha value is -3.42. The molecule has 2 aliphatic heterocycles. The number of nitrogens with zero attached hydrogens (tertiary/aromatic N) is 2. The smallest absolute Gasteiger partial charge is 0.262 e. The highest BCUT2D eigenvalue weighted by Crippen LogP contribution is 2.46. The molecule has 1 N–H and O–H groups in total. The quantitative estimate of drug-likeness (QED) is 0.658. The summed E-state index contributed by atoms with van der Waals surface area (Å²) in [6.45, 7) is 3.75. The molecule has 1 fully saturated rings. The molecule has 30 heavy (non-hydrogen) atoms. The van der Waals surface area contributed by atoms with Gasteiger partial charge in [0.05, 0.1) is 34.4 Å². The minimum atomic E-state index is -0.497. The predicted molar refractivity (Wildman–Crippen MR) is 108 cm³/mol. The molecule has 2 aliphatic rings. The molecule has 0 bridgehead atoms. The van der Waals surface area contributed by atoms with Crippen molar-refractivity contribution in [2.24, 2.45) is 0 Å². The van der Waals surface area contributed by atoms with E-state index in [9.17, 15) is 14.0 Å². The number of fused-ring (bicyclic) bond motifs is 2. The van der Waals surface area contributed by atoms with E-state index >= 15 is 0 Å². The van der Waals surface area contributed by atoms with E-state index in [-0.39, 0.29) is 5.56 Å². The Kier molecular flexibility index (Phi) is 4.42. The summed E-state index contributed by atoms with van der Waals surface area (Å²) in [6, 6.07) is 5.96. The molecular weight excluding hydrogens is 389 g/mol. The molecule has 0 atom stereocenters. The van der Waals surface area contributed by atoms with Crippen LogP contribution in [0.3, 0.4) is 0 Å². The van der Waals surface area contributed by atoms with E-state index in [0.29, 0.717) is 40.1 Å². The van der Waals surface area contributed by atoms with Crippen LogP contribution in [0, 0.1) is 5.82 Å². The molecule has 2 amide bonds. The number of aromatic nitrogens is 1. The molecule has 1 saturated heterocycles. The van der Waals surface area contributed by atoms with Gasteiger partial charge in [-0.05, 0) is 44.4 Å². The van der Waals surface area contributed by atoms with Gasteiger partial charge in [0.1, 0.15) is 17.3 Å². The van der Waals surface area contributed by atoms with Crippen LogP contribution in [0.4, 0.5) is 10.1 Å². The van der Waals surface area contributed by atoms with E-state index in [2.05, 4.69) is 15.4 Å². The summed E-state index contributed by atoms with van der Waals surface area (Å²) < 4.78 is 25.0. The number of nitrogens with one attached hydrogen (secondary N) is 1. The number of hydrogen-bond acceptors (Lipinski definition) is 6. The summed E-state index contributed by atoms with van der Waals surface area (Å²) in [7, 11) is 0. The van der Waals surface area contributed by atoms with E-state index in [4.69, 9.17) is 9.26 Å². The van der Waals surface area contributed by atoms with Crippen molar-refractivity contribution in [3.63, 3.8) is 0 Å². The molecule has 2 aromatic carbocycles. The molecule has 5 rings (SSSR count). The van der Waals surface area contributed by atoms with E-state index < -0.39 is 17.6 Å². The summed E-state index contributed by atoms with van der Waals surface area (Å²) in [5.41, 5.74) is 2.62. The average Bonchev–Trinajstić information content (AvgIpc) is 3.28. The second kappa shape index (κ2) is 7.12. The first-order valence-corrected chi connectivity index (χ1v) is 10.1. The Labute approximate surface area is 171 Å². The third-order valence-electron chi connectivity index (χ3n) is 5.62. The summed E-state index contributed by atoms with van der Waals surface area (Å²) in [4.78, 5) is 27.2. The molecule has 0 unspecified atom stereocenters. The fourth-order valence-electron chi connectivity index (χ4n) is 4.28. The number of imide groups is 1. The number of amides is 2. The van der Waals surface area contributed by atoms with Gasteiger partial charge in [-0.25, -0.2) is 4.39 Å². The van der Waals surface area contributed by atoms with Gasteiger partial charge in [0.15, 0.2) is 5.58 Å². The first-order chi connectivity index (χ1) is 14.6. The van der Waals surface area contributed by atoms with Crippen LogP contribution in [-0.4, -0.2) is 36.7 Å². The second-order valence-corrected chi connectivity index (χ2v) is 7.46. The fraction of sp³-hybridized carbons (Fsp3) is 0.318. The highest BCUT2D eigenvalue weighted by atomic mass is 19.1. The molecule has 3 heterocycles. The Morgan fingerprint density at radius 3 is 2.70 bits per heavy atom. The van der Waals surface area contributed by atoms with Gasteiger partial charge >= 0.3 is 0 Å². The summed E-state index contributed by atoms with van der Waals surface area (Å²) in [5.74, 6) is -1.06. The molecule has 0 aliphatic carbocycles. The Balaban J connectivity index is 1.84. The van der Waals surface area contributed by atoms with Crippen LogP contribution in [0.2, 0.25) is 0 Å². The number of carbonyl (C=O) groups is 2. The Bertz CT molecular complexity index is 1180. The third-order valence-corrected chi connectivity index (χ3v) is 5.62. The summed E-state index contributed by atoms with van der Waals surface area (Å²) in [5, 5.41) is 7.18. The van der Waals surface area contributed by atoms with Gasteiger partial charge in [-0.2, -0.15) is 0 Å². The van der Waals surface area contributed by atoms with Crippen molar-refractivity contribution in [3.8, 4) is 17.0 Å². The van der Waals surface area contributed by atoms with Crippen LogP contribution in [0.5, 0.6) is 5.75 Å². The molecule has 0 saturated carbocycles. The van der Waals surface area contributed by atoms with Crippen LogP contribution in [0.25, 0.3) is 22.2 Å². The standard InChI is InChI=1S/C22H20FN3O4/c1-2-29-20-17-14(21(27)24-22(17)28)11-15(26-8-4-3-5-9-26)18(20)19-13-7-6-12(23)10-16(13)30-25-19/h6-7,10-11H,2-5,8-9H2,1H3,(H,24,27,28). The molecule has 1 aromatic heterocycles. The largest absolute Gasteiger partial charge is 0.492 e. The number of halogens is 1. The highest BCUT2D eigenvalue weighted by molar-refractivity contribution is 6.24. The normalized spacial score (nSPS) is 16.1. The number of carbonyl (C=O) groups excluding carboxylic acids is 2. The zero-order valence-electron chi connectivity index (χ0n) is 16.5. The van der Waals surface area contributed by atoms with E-state index in [1.807, 2.05) is 6.92 Å². The lowest BCUT2D eigenvalue weighted by Gasteiger charge is -2.31. The van der Waals surface area contributed by atoms with Crippen LogP contribution < -0.4 is 15.0 Å². The number of hydrogen-bond donors (Lipinski definition) is 1. The third kappa shape index (κ3) is 2.82. The maximum Gasteiger partial charge on any atom is 0.262 e. The Morgan fingerprint density at radius 2 is 1.93 bits per heavy atom. The predicted octanol–water partition coefficient (Wildman–Crippen LogP) is 3.91. The number of rotatable bonds is 4. The lowest BCUT2D eigenvalue weighted by molar-refractivity contribution is 0.0878. The molecule has 0 radical (unpaired) electrons. The van der Waals surface area contributed by atoms with Crippen LogP contribution in [0.15, 0.2) is 28.8 Å². The first kappa shape index (κ1) is 18.6. The summed E-state index contributed by atoms with van der Waals surface area (Å²) >= 11 is 0. The van der Waals surface area contributed by atoms with Crippen molar-refractivity contribution in [2.45, 2.75) is 26.2 Å². The minimum absolute atomic E-state index is 0.205. The van der Waals surface area contributed by atoms with Crippen molar-refractivity contribution in [2.75, 3.05) is 24.6 Å². The fourth-order valence-corrected chi connectivity index (χ4v) is 4.28. The summed E-state index contributed by atoms with van der Waals surface area (Å²) in [6.07, 6.45) is 3.19. The van der Waals surface area contributed by atoms with Crippen LogP contribution >= 0.6 is 0 Å². The van der Waals surface area contributed by atoms with Crippen molar-refractivity contribution < 1.29 is 23.2 Å². The number of ether oxygens (including phenoxy) is 1. The zero-order valence-corrected chi connectivity index (χ0v) is 16.5. The zero-order chi connectivity index (χ0) is 20.8. The SMILES string of the molecule is CCOc1c2c(cc(N3CCCCC3)c1-c1noc3cc(F)ccc13)C(=O)NC2=O. The molecular formula is C22H20FN3O4.